The van der Waals surface area contributed by atoms with Crippen LogP contribution in [0.1, 0.15) is 6.92 Å². The van der Waals surface area contributed by atoms with Crippen LogP contribution in [0, 0.1) is 0 Å². The van der Waals surface area contributed by atoms with Crippen molar-refractivity contribution in [3.05, 3.63) is 48.5 Å². The number of amides is 1. The highest BCUT2D eigenvalue weighted by Crippen LogP contribution is 2.23. The van der Waals surface area contributed by atoms with Gasteiger partial charge in [-0.15, -0.1) is 0 Å². The molecular formula is C17H20N2O4S. The highest BCUT2D eigenvalue weighted by atomic mass is 32.2. The summed E-state index contributed by atoms with van der Waals surface area (Å²) in [5.74, 6) is 0.347. The van der Waals surface area contributed by atoms with Crippen LogP contribution >= 0.6 is 0 Å². The third kappa shape index (κ3) is 4.99. The Bertz CT molecular complexity index is 819. The molecule has 0 heterocycles. The van der Waals surface area contributed by atoms with Crippen molar-refractivity contribution in [2.45, 2.75) is 11.8 Å². The minimum atomic E-state index is -3.28. The van der Waals surface area contributed by atoms with Crippen LogP contribution in [0.15, 0.2) is 53.4 Å². The molecular weight excluding hydrogens is 328 g/mol. The average Bonchev–Trinajstić information content (AvgIpc) is 2.54. The second-order valence-corrected chi connectivity index (χ2v) is 7.15. The Morgan fingerprint density at radius 3 is 2.58 bits per heavy atom. The first kappa shape index (κ1) is 17.8. The molecule has 24 heavy (non-hydrogen) atoms. The van der Waals surface area contributed by atoms with Crippen LogP contribution in [-0.4, -0.2) is 33.7 Å². The van der Waals surface area contributed by atoms with Gasteiger partial charge < -0.3 is 15.4 Å². The Kier molecular flexibility index (Phi) is 5.81. The van der Waals surface area contributed by atoms with E-state index in [1.54, 1.807) is 30.3 Å². The fourth-order valence-electron chi connectivity index (χ4n) is 2.06. The Balaban J connectivity index is 1.99. The van der Waals surface area contributed by atoms with Gasteiger partial charge in [-0.1, -0.05) is 18.2 Å². The molecule has 0 aliphatic heterocycles. The summed E-state index contributed by atoms with van der Waals surface area (Å²) in [4.78, 5) is 12.3. The van der Waals surface area contributed by atoms with Crippen molar-refractivity contribution in [2.75, 3.05) is 30.0 Å². The van der Waals surface area contributed by atoms with Crippen LogP contribution in [0.25, 0.3) is 0 Å². The van der Waals surface area contributed by atoms with Gasteiger partial charge in [0.15, 0.2) is 9.84 Å². The summed E-state index contributed by atoms with van der Waals surface area (Å²) < 4.78 is 28.5. The Morgan fingerprint density at radius 1 is 1.12 bits per heavy atom. The lowest BCUT2D eigenvalue weighted by molar-refractivity contribution is -0.114. The Hall–Kier alpha value is -2.54. The van der Waals surface area contributed by atoms with Gasteiger partial charge in [0.1, 0.15) is 5.75 Å². The molecule has 1 amide bonds. The molecule has 0 aliphatic rings. The Morgan fingerprint density at radius 2 is 1.88 bits per heavy atom. The maximum absolute atomic E-state index is 12.1. The van der Waals surface area contributed by atoms with Crippen molar-refractivity contribution in [2.24, 2.45) is 0 Å². The van der Waals surface area contributed by atoms with Gasteiger partial charge in [-0.3, -0.25) is 4.79 Å². The molecule has 6 nitrogen and oxygen atoms in total. The molecule has 0 atom stereocenters. The van der Waals surface area contributed by atoms with E-state index >= 15 is 0 Å². The van der Waals surface area contributed by atoms with Crippen LogP contribution in [0.5, 0.6) is 5.75 Å². The van der Waals surface area contributed by atoms with E-state index in [0.29, 0.717) is 23.7 Å². The van der Waals surface area contributed by atoms with E-state index in [9.17, 15) is 13.2 Å². The molecule has 7 heteroatoms. The number of benzene rings is 2. The van der Waals surface area contributed by atoms with Crippen molar-refractivity contribution in [3.8, 4) is 5.75 Å². The molecule has 128 valence electrons. The largest absolute Gasteiger partial charge is 0.492 e. The number of rotatable bonds is 7. The summed E-state index contributed by atoms with van der Waals surface area (Å²) in [5, 5.41) is 5.68. The van der Waals surface area contributed by atoms with Crippen molar-refractivity contribution in [1.82, 2.24) is 0 Å². The van der Waals surface area contributed by atoms with Crippen LogP contribution in [0.3, 0.4) is 0 Å². The number of sulfone groups is 1. The molecule has 0 spiro atoms. The first-order chi connectivity index (χ1) is 11.4. The lowest BCUT2D eigenvalue weighted by atomic mass is 10.3. The van der Waals surface area contributed by atoms with Crippen LogP contribution < -0.4 is 15.4 Å². The fourth-order valence-corrected chi connectivity index (χ4v) is 2.73. The highest BCUT2D eigenvalue weighted by molar-refractivity contribution is 7.90. The number of ether oxygens (including phenoxy) is 1. The summed E-state index contributed by atoms with van der Waals surface area (Å²) in [6, 6.07) is 13.5. The summed E-state index contributed by atoms with van der Waals surface area (Å²) in [6.45, 7) is 2.38. The van der Waals surface area contributed by atoms with Crippen molar-refractivity contribution in [3.63, 3.8) is 0 Å². The first-order valence-corrected chi connectivity index (χ1v) is 9.35. The molecule has 0 aliphatic carbocycles. The lowest BCUT2D eigenvalue weighted by Gasteiger charge is -2.12. The second kappa shape index (κ2) is 7.83. The number of anilines is 2. The van der Waals surface area contributed by atoms with Gasteiger partial charge in [0.25, 0.3) is 0 Å². The average molecular weight is 348 g/mol. The summed E-state index contributed by atoms with van der Waals surface area (Å²) in [7, 11) is -3.28. The predicted octanol–water partition coefficient (Wildman–Crippen LogP) is 2.54. The molecule has 0 fully saturated rings. The smallest absolute Gasteiger partial charge is 0.243 e. The van der Waals surface area contributed by atoms with Gasteiger partial charge >= 0.3 is 0 Å². The lowest BCUT2D eigenvalue weighted by Crippen LogP contribution is -2.22. The first-order valence-electron chi connectivity index (χ1n) is 7.46. The third-order valence-electron chi connectivity index (χ3n) is 3.18. The van der Waals surface area contributed by atoms with E-state index in [2.05, 4.69) is 10.6 Å². The number of carbonyl (C=O) groups is 1. The van der Waals surface area contributed by atoms with Gasteiger partial charge in [0.2, 0.25) is 5.91 Å². The molecule has 0 bridgehead atoms. The van der Waals surface area contributed by atoms with Gasteiger partial charge in [-0.05, 0) is 37.3 Å². The zero-order chi connectivity index (χ0) is 17.6. The Labute approximate surface area is 141 Å². The van der Waals surface area contributed by atoms with E-state index in [4.69, 9.17) is 4.74 Å². The fraction of sp³-hybridized carbons (Fsp3) is 0.235. The SMILES string of the molecule is CCOc1ccccc1NC(=O)CNc1cccc(S(C)(=O)=O)c1. The molecule has 2 N–H and O–H groups in total. The predicted molar refractivity (Wildman–Crippen MR) is 94.3 cm³/mol. The molecule has 0 aromatic heterocycles. The van der Waals surface area contributed by atoms with Gasteiger partial charge in [-0.2, -0.15) is 0 Å². The quantitative estimate of drug-likeness (QED) is 0.803. The van der Waals surface area contributed by atoms with Gasteiger partial charge in [0, 0.05) is 11.9 Å². The normalized spacial score (nSPS) is 10.9. The van der Waals surface area contributed by atoms with Crippen molar-refractivity contribution < 1.29 is 17.9 Å². The maximum atomic E-state index is 12.1. The number of carbonyl (C=O) groups excluding carboxylic acids is 1. The van der Waals surface area contributed by atoms with Crippen molar-refractivity contribution >= 4 is 27.1 Å². The maximum Gasteiger partial charge on any atom is 0.243 e. The van der Waals surface area contributed by atoms with Crippen LogP contribution in [0.4, 0.5) is 11.4 Å². The summed E-state index contributed by atoms with van der Waals surface area (Å²) in [5.41, 5.74) is 1.15. The van der Waals surface area contributed by atoms with Crippen LogP contribution in [-0.2, 0) is 14.6 Å². The summed E-state index contributed by atoms with van der Waals surface area (Å²) >= 11 is 0. The minimum Gasteiger partial charge on any atom is -0.492 e. The number of para-hydroxylation sites is 2. The zero-order valence-electron chi connectivity index (χ0n) is 13.6. The summed E-state index contributed by atoms with van der Waals surface area (Å²) in [6.07, 6.45) is 1.14. The molecule has 2 aromatic carbocycles. The highest BCUT2D eigenvalue weighted by Gasteiger charge is 2.09. The second-order valence-electron chi connectivity index (χ2n) is 5.13. The minimum absolute atomic E-state index is 0.00761. The number of hydrogen-bond acceptors (Lipinski definition) is 5. The monoisotopic (exact) mass is 348 g/mol. The van der Waals surface area contributed by atoms with E-state index in [1.165, 1.54) is 12.1 Å². The standard InChI is InChI=1S/C17H20N2O4S/c1-3-23-16-10-5-4-9-15(16)19-17(20)12-18-13-7-6-8-14(11-13)24(2,21)22/h4-11,18H,3,12H2,1-2H3,(H,19,20). The van der Waals surface area contributed by atoms with E-state index in [0.717, 1.165) is 6.26 Å². The van der Waals surface area contributed by atoms with E-state index in [-0.39, 0.29) is 17.3 Å². The number of hydrogen-bond donors (Lipinski definition) is 2. The van der Waals surface area contributed by atoms with E-state index < -0.39 is 9.84 Å². The molecule has 2 aromatic rings. The van der Waals surface area contributed by atoms with Crippen LogP contribution in [0.2, 0.25) is 0 Å². The third-order valence-corrected chi connectivity index (χ3v) is 4.29. The number of nitrogens with one attached hydrogen (secondary N) is 2. The van der Waals surface area contributed by atoms with Gasteiger partial charge in [-0.25, -0.2) is 8.42 Å². The molecule has 0 saturated carbocycles. The van der Waals surface area contributed by atoms with Gasteiger partial charge in [0.05, 0.1) is 23.7 Å². The van der Waals surface area contributed by atoms with E-state index in [1.807, 2.05) is 13.0 Å². The molecule has 0 radical (unpaired) electrons. The zero-order valence-corrected chi connectivity index (χ0v) is 14.4. The molecule has 0 unspecified atom stereocenters. The topological polar surface area (TPSA) is 84.5 Å². The van der Waals surface area contributed by atoms with Crippen molar-refractivity contribution in [1.29, 1.82) is 0 Å². The molecule has 2 rings (SSSR count). The molecule has 0 saturated heterocycles.